The summed E-state index contributed by atoms with van der Waals surface area (Å²) in [4.78, 5) is 43.0. The predicted molar refractivity (Wildman–Crippen MR) is 188 cm³/mol. The minimum absolute atomic E-state index is 0.0210. The van der Waals surface area contributed by atoms with E-state index in [1.165, 1.54) is 12.0 Å². The molecule has 0 aromatic heterocycles. The molecule has 11 heteroatoms. The monoisotopic (exact) mass is 678 g/mol. The number of likely N-dealkylation sites (tertiary alicyclic amines) is 1. The van der Waals surface area contributed by atoms with Crippen LogP contribution in [0, 0.1) is 0 Å². The Balaban J connectivity index is 1.81. The van der Waals surface area contributed by atoms with Crippen molar-refractivity contribution >= 4 is 37.1 Å². The number of ether oxygens (including phenoxy) is 4. The number of hydrogen-bond acceptors (Lipinski definition) is 8. The van der Waals surface area contributed by atoms with Crippen molar-refractivity contribution in [3.05, 3.63) is 71.8 Å². The number of methoxy groups -OCH3 is 2. The highest BCUT2D eigenvalue weighted by atomic mass is 28.4. The fourth-order valence-electron chi connectivity index (χ4n) is 5.51. The number of nitrogens with one attached hydrogen (secondary N) is 1. The number of hydrogen-bond donors (Lipinski definition) is 1. The van der Waals surface area contributed by atoms with E-state index in [0.29, 0.717) is 23.5 Å². The van der Waals surface area contributed by atoms with Crippen LogP contribution in [0.3, 0.4) is 0 Å². The fourth-order valence-corrected chi connectivity index (χ4v) is 6.97. The van der Waals surface area contributed by atoms with Gasteiger partial charge in [0.1, 0.15) is 28.8 Å². The zero-order chi connectivity index (χ0) is 35.5. The van der Waals surface area contributed by atoms with Gasteiger partial charge < -0.3 is 28.7 Å². The third-order valence-electron chi connectivity index (χ3n) is 8.93. The van der Waals surface area contributed by atoms with Crippen LogP contribution in [0.25, 0.3) is 10.8 Å². The number of benzene rings is 3. The molecule has 48 heavy (non-hydrogen) atoms. The minimum Gasteiger partial charge on any atom is -0.496 e. The first-order valence-electron chi connectivity index (χ1n) is 16.3. The first kappa shape index (κ1) is 36.7. The Morgan fingerprint density at radius 3 is 2.17 bits per heavy atom. The van der Waals surface area contributed by atoms with Gasteiger partial charge in [-0.1, -0.05) is 51.1 Å². The molecule has 1 fully saturated rings. The van der Waals surface area contributed by atoms with E-state index in [-0.39, 0.29) is 35.9 Å². The third-order valence-corrected chi connectivity index (χ3v) is 13.4. The molecule has 2 amide bonds. The third kappa shape index (κ3) is 8.49. The second-order valence-electron chi connectivity index (χ2n) is 14.7. The van der Waals surface area contributed by atoms with E-state index in [2.05, 4.69) is 39.2 Å². The van der Waals surface area contributed by atoms with Crippen LogP contribution in [0.15, 0.2) is 60.7 Å². The number of rotatable bonds is 8. The summed E-state index contributed by atoms with van der Waals surface area (Å²) in [5.74, 6) is -1.56. The Labute approximate surface area is 285 Å². The van der Waals surface area contributed by atoms with Crippen molar-refractivity contribution in [2.75, 3.05) is 20.8 Å². The summed E-state index contributed by atoms with van der Waals surface area (Å²) in [6.45, 7) is 16.1. The van der Waals surface area contributed by atoms with E-state index in [1.54, 1.807) is 64.3 Å². The largest absolute Gasteiger partial charge is 0.496 e. The van der Waals surface area contributed by atoms with Crippen LogP contribution in [0.2, 0.25) is 18.1 Å². The van der Waals surface area contributed by atoms with E-state index >= 15 is 0 Å². The standard InChI is InChI=1S/C37H50N2O8Si/c1-35(2,3)46-34(42)39-21-15-20-37(47-48(9,10)36(4,5)6,24-31(39)38-32(40)25-16-12-11-13-17-25)45-33(41)28-22-26-18-14-19-29(43-7)27(26)23-30(28)44-8/h11-14,16-19,22-23,31H,15,20-21,24H2,1-10H3,(H,38,40). The molecule has 1 aliphatic rings. The second-order valence-corrected chi connectivity index (χ2v) is 19.5. The van der Waals surface area contributed by atoms with Gasteiger partial charge in [-0.25, -0.2) is 9.59 Å². The predicted octanol–water partition coefficient (Wildman–Crippen LogP) is 7.91. The van der Waals surface area contributed by atoms with Gasteiger partial charge in [-0.15, -0.1) is 0 Å². The normalized spacial score (nSPS) is 18.9. The molecule has 10 nitrogen and oxygen atoms in total. The first-order valence-corrected chi connectivity index (χ1v) is 19.2. The van der Waals surface area contributed by atoms with E-state index in [1.807, 2.05) is 24.3 Å². The number of nitrogens with zero attached hydrogens (tertiary/aromatic N) is 1. The van der Waals surface area contributed by atoms with Crippen molar-refractivity contribution in [2.24, 2.45) is 0 Å². The van der Waals surface area contributed by atoms with Gasteiger partial charge in [0.25, 0.3) is 5.91 Å². The van der Waals surface area contributed by atoms with E-state index < -0.39 is 37.9 Å². The highest BCUT2D eigenvalue weighted by Gasteiger charge is 2.51. The highest BCUT2D eigenvalue weighted by molar-refractivity contribution is 6.74. The molecule has 2 atom stereocenters. The summed E-state index contributed by atoms with van der Waals surface area (Å²) in [6.07, 6.45) is -0.820. The van der Waals surface area contributed by atoms with Crippen LogP contribution < -0.4 is 14.8 Å². The van der Waals surface area contributed by atoms with Gasteiger partial charge in [-0.3, -0.25) is 9.69 Å². The Bertz CT molecular complexity index is 1630. The van der Waals surface area contributed by atoms with Crippen molar-refractivity contribution in [3.63, 3.8) is 0 Å². The molecule has 0 saturated carbocycles. The molecule has 0 bridgehead atoms. The van der Waals surface area contributed by atoms with Crippen molar-refractivity contribution in [1.29, 1.82) is 0 Å². The molecular formula is C37H50N2O8Si. The van der Waals surface area contributed by atoms with Gasteiger partial charge >= 0.3 is 12.1 Å². The summed E-state index contributed by atoms with van der Waals surface area (Å²) >= 11 is 0. The second kappa shape index (κ2) is 14.2. The number of carbonyl (C=O) groups excluding carboxylic acids is 3. The van der Waals surface area contributed by atoms with Gasteiger partial charge in [-0.2, -0.15) is 0 Å². The average Bonchev–Trinajstić information content (AvgIpc) is 3.17. The molecule has 0 aliphatic carbocycles. The SMILES string of the molecule is COc1cc2c(OC)cccc2cc1C(=O)OC1(O[Si](C)(C)C(C)(C)C)CCCN(C(=O)OC(C)(C)C)C(NC(=O)c2ccccc2)C1. The van der Waals surface area contributed by atoms with Crippen molar-refractivity contribution in [1.82, 2.24) is 10.2 Å². The number of esters is 1. The summed E-state index contributed by atoms with van der Waals surface area (Å²) in [7, 11) is 0.457. The minimum atomic E-state index is -2.63. The summed E-state index contributed by atoms with van der Waals surface area (Å²) < 4.78 is 30.6. The zero-order valence-electron chi connectivity index (χ0n) is 29.9. The van der Waals surface area contributed by atoms with Crippen LogP contribution in [-0.2, 0) is 13.9 Å². The molecule has 1 N–H and O–H groups in total. The maximum atomic E-state index is 14.3. The Morgan fingerprint density at radius 2 is 1.56 bits per heavy atom. The number of carbonyl (C=O) groups is 3. The molecule has 3 aromatic rings. The van der Waals surface area contributed by atoms with Gasteiger partial charge in [0.05, 0.1) is 20.6 Å². The van der Waals surface area contributed by atoms with Crippen molar-refractivity contribution in [2.45, 2.75) is 96.5 Å². The van der Waals surface area contributed by atoms with Gasteiger partial charge in [-0.05, 0) is 81.0 Å². The molecule has 2 unspecified atom stereocenters. The molecule has 0 radical (unpaired) electrons. The molecule has 1 saturated heterocycles. The summed E-state index contributed by atoms with van der Waals surface area (Å²) in [5, 5.41) is 4.34. The lowest BCUT2D eigenvalue weighted by Crippen LogP contribution is -2.57. The van der Waals surface area contributed by atoms with Crippen LogP contribution >= 0.6 is 0 Å². The fraction of sp³-hybridized carbons (Fsp3) is 0.486. The molecular weight excluding hydrogens is 628 g/mol. The van der Waals surface area contributed by atoms with Crippen LogP contribution in [0.5, 0.6) is 11.5 Å². The lowest BCUT2D eigenvalue weighted by molar-refractivity contribution is -0.166. The van der Waals surface area contributed by atoms with Crippen LogP contribution in [0.4, 0.5) is 4.79 Å². The highest BCUT2D eigenvalue weighted by Crippen LogP contribution is 2.44. The van der Waals surface area contributed by atoms with E-state index in [0.717, 1.165) is 10.8 Å². The smallest absolute Gasteiger partial charge is 0.411 e. The molecule has 0 spiro atoms. The van der Waals surface area contributed by atoms with E-state index in [9.17, 15) is 14.4 Å². The quantitative estimate of drug-likeness (QED) is 0.145. The summed E-state index contributed by atoms with van der Waals surface area (Å²) in [6, 6.07) is 17.8. The van der Waals surface area contributed by atoms with Gasteiger partial charge in [0, 0.05) is 23.9 Å². The maximum Gasteiger partial charge on any atom is 0.411 e. The zero-order valence-corrected chi connectivity index (χ0v) is 30.9. The molecule has 3 aromatic carbocycles. The van der Waals surface area contributed by atoms with Crippen molar-refractivity contribution in [3.8, 4) is 11.5 Å². The first-order chi connectivity index (χ1) is 22.4. The topological polar surface area (TPSA) is 113 Å². The van der Waals surface area contributed by atoms with Gasteiger partial charge in [0.15, 0.2) is 8.32 Å². The van der Waals surface area contributed by atoms with Crippen LogP contribution in [-0.4, -0.2) is 69.5 Å². The average molecular weight is 679 g/mol. The molecule has 4 rings (SSSR count). The Kier molecular flexibility index (Phi) is 10.9. The van der Waals surface area contributed by atoms with E-state index in [4.69, 9.17) is 23.4 Å². The molecule has 1 aliphatic heterocycles. The lowest BCUT2D eigenvalue weighted by Gasteiger charge is -2.45. The molecule has 260 valence electrons. The maximum absolute atomic E-state index is 14.3. The number of amides is 2. The lowest BCUT2D eigenvalue weighted by atomic mass is 10.0. The summed E-state index contributed by atoms with van der Waals surface area (Å²) in [5.41, 5.74) is -0.127. The Hall–Kier alpha value is -4.09. The van der Waals surface area contributed by atoms with Crippen molar-refractivity contribution < 1.29 is 37.8 Å². The van der Waals surface area contributed by atoms with Crippen LogP contribution in [0.1, 0.15) is 81.5 Å². The van der Waals surface area contributed by atoms with Gasteiger partial charge in [0.2, 0.25) is 5.79 Å². The Morgan fingerprint density at radius 1 is 0.896 bits per heavy atom. The number of fused-ring (bicyclic) bond motifs is 1. The molecule has 1 heterocycles.